The van der Waals surface area contributed by atoms with Crippen molar-refractivity contribution in [1.29, 1.82) is 0 Å². The van der Waals surface area contributed by atoms with E-state index in [-0.39, 0.29) is 22.9 Å². The van der Waals surface area contributed by atoms with Crippen molar-refractivity contribution in [3.63, 3.8) is 0 Å². The first-order valence-corrected chi connectivity index (χ1v) is 8.24. The van der Waals surface area contributed by atoms with E-state index in [0.717, 1.165) is 6.42 Å². The quantitative estimate of drug-likeness (QED) is 0.719. The summed E-state index contributed by atoms with van der Waals surface area (Å²) in [6.07, 6.45) is 0.0233. The first-order valence-electron chi connectivity index (χ1n) is 7.26. The molecule has 1 fully saturated rings. The third-order valence-corrected chi connectivity index (χ3v) is 5.56. The molecule has 1 aromatic carbocycles. The number of nitrogens with zero attached hydrogens (tertiary/aromatic N) is 1. The SMILES string of the molecule is CO[C@H]1C[C@@H]2CSC(NC(=O)O)=N[C@]2(c2cccc(N)c2F)C1. The summed E-state index contributed by atoms with van der Waals surface area (Å²) >= 11 is 1.33. The van der Waals surface area contributed by atoms with Gasteiger partial charge in [0, 0.05) is 30.8 Å². The molecule has 3 rings (SSSR count). The van der Waals surface area contributed by atoms with Gasteiger partial charge in [0.2, 0.25) is 0 Å². The standard InChI is InChI=1S/C15H18FN3O3S/c1-22-9-5-8-7-23-13(18-14(20)21)19-15(8,6-9)10-3-2-4-11(17)12(10)16/h2-4,8-9H,5-7,17H2,1H3,(H,18,19)(H,20,21)/t8-,9+,15-/m1/s1. The molecule has 124 valence electrons. The Morgan fingerprint density at radius 3 is 3.09 bits per heavy atom. The Balaban J connectivity index is 2.11. The molecule has 1 aromatic rings. The number of nitrogen functional groups attached to an aromatic ring is 1. The van der Waals surface area contributed by atoms with Crippen LogP contribution in [0.3, 0.4) is 0 Å². The van der Waals surface area contributed by atoms with Gasteiger partial charge < -0.3 is 15.6 Å². The minimum atomic E-state index is -1.18. The number of amides is 1. The number of benzene rings is 1. The van der Waals surface area contributed by atoms with E-state index >= 15 is 0 Å². The number of carboxylic acid groups (broad SMARTS) is 1. The second kappa shape index (κ2) is 6.01. The number of thioether (sulfide) groups is 1. The van der Waals surface area contributed by atoms with Crippen molar-refractivity contribution in [3.8, 4) is 0 Å². The molecule has 3 atom stereocenters. The maximum Gasteiger partial charge on any atom is 0.410 e. The Kier molecular flexibility index (Phi) is 4.20. The molecule has 0 bridgehead atoms. The highest BCUT2D eigenvalue weighted by Gasteiger charge is 2.52. The summed E-state index contributed by atoms with van der Waals surface area (Å²) in [6, 6.07) is 4.88. The van der Waals surface area contributed by atoms with E-state index < -0.39 is 17.4 Å². The fourth-order valence-electron chi connectivity index (χ4n) is 3.45. The normalized spacial score (nSPS) is 29.7. The number of nitrogens with one attached hydrogen (secondary N) is 1. The molecule has 23 heavy (non-hydrogen) atoms. The van der Waals surface area contributed by atoms with Crippen molar-refractivity contribution >= 4 is 28.7 Å². The Morgan fingerprint density at radius 1 is 1.61 bits per heavy atom. The number of nitrogens with two attached hydrogens (primary N) is 1. The zero-order chi connectivity index (χ0) is 16.6. The highest BCUT2D eigenvalue weighted by atomic mass is 32.2. The molecule has 0 saturated heterocycles. The van der Waals surface area contributed by atoms with Crippen LogP contribution in [0.15, 0.2) is 23.2 Å². The molecular weight excluding hydrogens is 321 g/mol. The smallest absolute Gasteiger partial charge is 0.410 e. The van der Waals surface area contributed by atoms with E-state index in [1.807, 2.05) is 0 Å². The van der Waals surface area contributed by atoms with Crippen molar-refractivity contribution in [3.05, 3.63) is 29.6 Å². The van der Waals surface area contributed by atoms with Crippen LogP contribution in [0.4, 0.5) is 14.9 Å². The highest BCUT2D eigenvalue weighted by molar-refractivity contribution is 8.13. The van der Waals surface area contributed by atoms with Gasteiger partial charge in [-0.1, -0.05) is 23.9 Å². The summed E-state index contributed by atoms with van der Waals surface area (Å²) in [5.41, 5.74) is 5.35. The highest BCUT2D eigenvalue weighted by Crippen LogP contribution is 2.52. The van der Waals surface area contributed by atoms with Crippen LogP contribution < -0.4 is 11.1 Å². The number of methoxy groups -OCH3 is 1. The molecule has 6 nitrogen and oxygen atoms in total. The van der Waals surface area contributed by atoms with Gasteiger partial charge in [0.25, 0.3) is 0 Å². The number of halogens is 1. The maximum atomic E-state index is 14.7. The second-order valence-corrected chi connectivity index (χ2v) is 6.79. The van der Waals surface area contributed by atoms with E-state index in [0.29, 0.717) is 17.7 Å². The Hall–Kier alpha value is -1.80. The van der Waals surface area contributed by atoms with Crippen molar-refractivity contribution in [2.45, 2.75) is 24.5 Å². The third kappa shape index (κ3) is 2.76. The molecule has 2 aliphatic rings. The summed E-state index contributed by atoms with van der Waals surface area (Å²) in [5.74, 6) is 0.223. The number of hydrogen-bond acceptors (Lipinski definition) is 5. The number of anilines is 1. The van der Waals surface area contributed by atoms with Crippen LogP contribution in [0.2, 0.25) is 0 Å². The zero-order valence-electron chi connectivity index (χ0n) is 12.6. The second-order valence-electron chi connectivity index (χ2n) is 5.79. The number of rotatable bonds is 2. The number of ether oxygens (including phenoxy) is 1. The van der Waals surface area contributed by atoms with Crippen molar-refractivity contribution in [2.75, 3.05) is 18.6 Å². The molecule has 4 N–H and O–H groups in total. The number of aliphatic imine (C=N–C) groups is 1. The van der Waals surface area contributed by atoms with Crippen LogP contribution in [0.1, 0.15) is 18.4 Å². The van der Waals surface area contributed by atoms with Crippen molar-refractivity contribution in [1.82, 2.24) is 5.32 Å². The van der Waals surface area contributed by atoms with Crippen molar-refractivity contribution < 1.29 is 19.0 Å². The Morgan fingerprint density at radius 2 is 2.39 bits per heavy atom. The fraction of sp³-hybridized carbons (Fsp3) is 0.467. The summed E-state index contributed by atoms with van der Waals surface area (Å²) in [6.45, 7) is 0. The van der Waals surface area contributed by atoms with Crippen LogP contribution in [0, 0.1) is 11.7 Å². The number of amidine groups is 1. The van der Waals surface area contributed by atoms with Gasteiger partial charge >= 0.3 is 6.09 Å². The number of carbonyl (C=O) groups is 1. The lowest BCUT2D eigenvalue weighted by Gasteiger charge is -2.36. The van der Waals surface area contributed by atoms with Crippen LogP contribution in [0.5, 0.6) is 0 Å². The minimum Gasteiger partial charge on any atom is -0.465 e. The summed E-state index contributed by atoms with van der Waals surface area (Å²) in [4.78, 5) is 15.5. The van der Waals surface area contributed by atoms with Crippen LogP contribution in [0.25, 0.3) is 0 Å². The van der Waals surface area contributed by atoms with Gasteiger partial charge in [-0.25, -0.2) is 9.18 Å². The predicted octanol–water partition coefficient (Wildman–Crippen LogP) is 2.40. The average molecular weight is 339 g/mol. The lowest BCUT2D eigenvalue weighted by atomic mass is 9.81. The maximum absolute atomic E-state index is 14.7. The lowest BCUT2D eigenvalue weighted by Crippen LogP contribution is -2.40. The van der Waals surface area contributed by atoms with Crippen molar-refractivity contribution in [2.24, 2.45) is 10.9 Å². The summed E-state index contributed by atoms with van der Waals surface area (Å²) < 4.78 is 20.1. The van der Waals surface area contributed by atoms with E-state index in [2.05, 4.69) is 10.3 Å². The monoisotopic (exact) mass is 339 g/mol. The van der Waals surface area contributed by atoms with E-state index in [4.69, 9.17) is 15.6 Å². The molecule has 1 aliphatic heterocycles. The first-order chi connectivity index (χ1) is 11.0. The third-order valence-electron chi connectivity index (χ3n) is 4.53. The fourth-order valence-corrected chi connectivity index (χ4v) is 4.61. The van der Waals surface area contributed by atoms with E-state index in [1.54, 1.807) is 19.2 Å². The molecule has 1 aliphatic carbocycles. The Labute approximate surface area is 137 Å². The largest absolute Gasteiger partial charge is 0.465 e. The van der Waals surface area contributed by atoms with Crippen LogP contribution in [-0.2, 0) is 10.3 Å². The molecule has 0 aromatic heterocycles. The topological polar surface area (TPSA) is 96.9 Å². The predicted molar refractivity (Wildman–Crippen MR) is 87.1 cm³/mol. The summed E-state index contributed by atoms with van der Waals surface area (Å²) in [5, 5.41) is 11.5. The number of fused-ring (bicyclic) bond motifs is 1. The van der Waals surface area contributed by atoms with Gasteiger partial charge in [-0.05, 0) is 12.5 Å². The van der Waals surface area contributed by atoms with Crippen LogP contribution in [-0.4, -0.2) is 35.3 Å². The Bertz CT molecular complexity index is 669. The van der Waals surface area contributed by atoms with Gasteiger partial charge in [-0.3, -0.25) is 10.3 Å². The molecular formula is C15H18FN3O3S. The van der Waals surface area contributed by atoms with Gasteiger partial charge in [0.05, 0.1) is 17.3 Å². The molecule has 1 saturated carbocycles. The summed E-state index contributed by atoms with van der Waals surface area (Å²) in [7, 11) is 1.62. The molecule has 0 spiro atoms. The molecule has 1 heterocycles. The van der Waals surface area contributed by atoms with Gasteiger partial charge in [0.1, 0.15) is 0 Å². The number of hydrogen-bond donors (Lipinski definition) is 3. The first kappa shape index (κ1) is 16.1. The molecule has 0 radical (unpaired) electrons. The van der Waals surface area contributed by atoms with E-state index in [9.17, 15) is 9.18 Å². The molecule has 8 heteroatoms. The van der Waals surface area contributed by atoms with Crippen LogP contribution >= 0.6 is 11.8 Å². The van der Waals surface area contributed by atoms with E-state index in [1.165, 1.54) is 17.8 Å². The zero-order valence-corrected chi connectivity index (χ0v) is 13.4. The lowest BCUT2D eigenvalue weighted by molar-refractivity contribution is 0.102. The molecule has 1 amide bonds. The van der Waals surface area contributed by atoms with Gasteiger partial charge in [-0.2, -0.15) is 0 Å². The van der Waals surface area contributed by atoms with Gasteiger partial charge in [0.15, 0.2) is 11.0 Å². The van der Waals surface area contributed by atoms with Gasteiger partial charge in [-0.15, -0.1) is 0 Å². The average Bonchev–Trinajstić information content (AvgIpc) is 2.88. The molecule has 0 unspecified atom stereocenters. The minimum absolute atomic E-state index is 0.0469.